The Morgan fingerprint density at radius 2 is 1.18 bits per heavy atom. The minimum Gasteiger partial charge on any atom is -0.319 e. The first kappa shape index (κ1) is 36.4. The number of hydrogen-bond acceptors (Lipinski definition) is 3. The fraction of sp³-hybridized carbons (Fsp3) is 0.0784. The number of aromatic nitrogens is 2. The van der Waals surface area contributed by atoms with Gasteiger partial charge in [-0.2, -0.15) is 35.3 Å². The van der Waals surface area contributed by atoms with Crippen LogP contribution in [0.25, 0.3) is 27.6 Å². The summed E-state index contributed by atoms with van der Waals surface area (Å²) in [6.45, 7) is 4.45. The van der Waals surface area contributed by atoms with Gasteiger partial charge >= 0.3 is 0 Å². The molecule has 0 amide bonds. The summed E-state index contributed by atoms with van der Waals surface area (Å²) in [5.41, 5.74) is 10.6. The van der Waals surface area contributed by atoms with Gasteiger partial charge in [0.25, 0.3) is 0 Å². The number of fused-ring (bicyclic) bond motifs is 4. The van der Waals surface area contributed by atoms with E-state index in [2.05, 4.69) is 194 Å². The fourth-order valence-corrected chi connectivity index (χ4v) is 8.32. The van der Waals surface area contributed by atoms with Gasteiger partial charge in [0.1, 0.15) is 22.9 Å². The number of para-hydroxylation sites is 4. The third-order valence-electron chi connectivity index (χ3n) is 11.0. The number of benzene rings is 7. The van der Waals surface area contributed by atoms with Crippen molar-refractivity contribution in [1.82, 2.24) is 9.55 Å². The molecule has 6 heteroatoms. The molecule has 2 aromatic heterocycles. The molecule has 57 heavy (non-hydrogen) atoms. The Balaban J connectivity index is 0.00000422. The molecule has 0 spiro atoms. The van der Waals surface area contributed by atoms with Crippen LogP contribution < -0.4 is 10.1 Å². The molecule has 7 aromatic carbocycles. The first-order valence-corrected chi connectivity index (χ1v) is 19.1. The van der Waals surface area contributed by atoms with Crippen LogP contribution in [-0.2, 0) is 26.5 Å². The molecule has 0 saturated carbocycles. The van der Waals surface area contributed by atoms with Crippen molar-refractivity contribution in [3.8, 4) is 5.82 Å². The number of rotatable bonds is 8. The standard InChI is InChI=1S/C51H38N4O.Pt/c1-36(2)37-31-32-52-50(33-37)53-46-26-13-12-25-44(46)45-30-29-41(35-49(45)53)51(38-17-6-3-7-18-38,39-19-8-4-9-20-39)40-21-16-24-43(34-40)55-48-28-15-14-27-47(48)54(56-55)42-22-10-5-11-23-42;/h3-33,36H,1-2H3;/q-2;/p+1. The van der Waals surface area contributed by atoms with E-state index in [9.17, 15) is 0 Å². The molecule has 0 atom stereocenters. The van der Waals surface area contributed by atoms with E-state index in [1.54, 1.807) is 0 Å². The first-order chi connectivity index (χ1) is 27.6. The van der Waals surface area contributed by atoms with E-state index in [0.29, 0.717) is 5.92 Å². The summed E-state index contributed by atoms with van der Waals surface area (Å²) in [5.74, 6) is 1.25. The SMILES string of the molecule is CC(C)c1ccnc(-n2c3[c-]c(C(c4[c-]c(N5[OH+]N(c6ccccc6)c6ccccc65)ccc4)(c4ccccc4)c4ccccc4)ccc3c3ccccc32)c1.[Pt]. The molecule has 3 heterocycles. The summed E-state index contributed by atoms with van der Waals surface area (Å²) in [5, 5.41) is 6.30. The van der Waals surface area contributed by atoms with Crippen molar-refractivity contribution >= 4 is 44.6 Å². The summed E-state index contributed by atoms with van der Waals surface area (Å²) in [7, 11) is 0. The van der Waals surface area contributed by atoms with Gasteiger partial charge in [-0.3, -0.25) is 0 Å². The number of nitrogens with zero attached hydrogens (tertiary/aromatic N) is 4. The van der Waals surface area contributed by atoms with Gasteiger partial charge in [-0.05, 0) is 70.5 Å². The predicted molar refractivity (Wildman–Crippen MR) is 228 cm³/mol. The topological polar surface area (TPSA) is 37.1 Å². The van der Waals surface area contributed by atoms with Crippen LogP contribution in [0.3, 0.4) is 0 Å². The summed E-state index contributed by atoms with van der Waals surface area (Å²) < 4.78 is 2.28. The van der Waals surface area contributed by atoms with Crippen LogP contribution in [0, 0.1) is 12.1 Å². The van der Waals surface area contributed by atoms with E-state index < -0.39 is 5.41 Å². The molecule has 280 valence electrons. The molecule has 0 fully saturated rings. The van der Waals surface area contributed by atoms with E-state index in [4.69, 9.17) is 9.92 Å². The van der Waals surface area contributed by atoms with Crippen molar-refractivity contribution in [1.29, 1.82) is 0 Å². The Morgan fingerprint density at radius 3 is 1.88 bits per heavy atom. The zero-order chi connectivity index (χ0) is 37.6. The monoisotopic (exact) mass is 918 g/mol. The molecule has 9 aromatic rings. The number of hydrogen-bond donors (Lipinski definition) is 0. The van der Waals surface area contributed by atoms with Crippen LogP contribution >= 0.6 is 0 Å². The van der Waals surface area contributed by atoms with Crippen molar-refractivity contribution in [2.45, 2.75) is 25.2 Å². The summed E-state index contributed by atoms with van der Waals surface area (Å²) in [6.07, 6.45) is 1.92. The molecule has 0 saturated heterocycles. The average Bonchev–Trinajstić information content (AvgIpc) is 3.82. The third-order valence-corrected chi connectivity index (χ3v) is 11.0. The second-order valence-corrected chi connectivity index (χ2v) is 14.6. The van der Waals surface area contributed by atoms with Crippen LogP contribution in [0.1, 0.15) is 47.6 Å². The smallest absolute Gasteiger partial charge is 0.148 e. The van der Waals surface area contributed by atoms with Gasteiger partial charge in [-0.1, -0.05) is 134 Å². The zero-order valence-corrected chi connectivity index (χ0v) is 33.8. The molecule has 10 rings (SSSR count). The second-order valence-electron chi connectivity index (χ2n) is 14.6. The number of anilines is 4. The van der Waals surface area contributed by atoms with E-state index in [1.807, 2.05) is 34.5 Å². The Kier molecular flexibility index (Phi) is 9.58. The quantitative estimate of drug-likeness (QED) is 0.0866. The van der Waals surface area contributed by atoms with Crippen molar-refractivity contribution in [3.05, 3.63) is 228 Å². The van der Waals surface area contributed by atoms with Gasteiger partial charge in [0.05, 0.1) is 0 Å². The van der Waals surface area contributed by atoms with Crippen LogP contribution in [0.5, 0.6) is 0 Å². The van der Waals surface area contributed by atoms with E-state index in [1.165, 1.54) is 5.56 Å². The van der Waals surface area contributed by atoms with Crippen LogP contribution in [-0.4, -0.2) is 14.5 Å². The Morgan fingerprint density at radius 1 is 0.561 bits per heavy atom. The Hall–Kier alpha value is -6.26. The van der Waals surface area contributed by atoms with Gasteiger partial charge < -0.3 is 4.57 Å². The number of pyridine rings is 1. The fourth-order valence-electron chi connectivity index (χ4n) is 8.32. The normalized spacial score (nSPS) is 12.6. The van der Waals surface area contributed by atoms with E-state index in [0.717, 1.165) is 72.6 Å². The average molecular weight is 919 g/mol. The molecule has 5 nitrogen and oxygen atoms in total. The van der Waals surface area contributed by atoms with Crippen molar-refractivity contribution < 1.29 is 26.0 Å². The van der Waals surface area contributed by atoms with Crippen LogP contribution in [0.2, 0.25) is 0 Å². The molecule has 1 aliphatic heterocycles. The van der Waals surface area contributed by atoms with Gasteiger partial charge in [-0.25, -0.2) is 4.98 Å². The zero-order valence-electron chi connectivity index (χ0n) is 31.5. The maximum Gasteiger partial charge on any atom is 0.148 e. The molecule has 0 aliphatic carbocycles. The minimum absolute atomic E-state index is 0. The van der Waals surface area contributed by atoms with Gasteiger partial charge in [0, 0.05) is 43.9 Å². The largest absolute Gasteiger partial charge is 0.319 e. The van der Waals surface area contributed by atoms with Crippen LogP contribution in [0.15, 0.2) is 188 Å². The van der Waals surface area contributed by atoms with Crippen molar-refractivity contribution in [2.75, 3.05) is 10.1 Å². The van der Waals surface area contributed by atoms with E-state index in [-0.39, 0.29) is 21.1 Å². The van der Waals surface area contributed by atoms with Crippen molar-refractivity contribution in [3.63, 3.8) is 0 Å². The summed E-state index contributed by atoms with van der Waals surface area (Å²) >= 11 is 0. The molecule has 0 unspecified atom stereocenters. The predicted octanol–water partition coefficient (Wildman–Crippen LogP) is 12.4. The molecular formula is C51H39N4OPt-. The second kappa shape index (κ2) is 15.0. The Bertz CT molecular complexity index is 2800. The van der Waals surface area contributed by atoms with Gasteiger partial charge in [-0.15, -0.1) is 33.7 Å². The van der Waals surface area contributed by atoms with Crippen molar-refractivity contribution in [2.24, 2.45) is 0 Å². The van der Waals surface area contributed by atoms with Crippen LogP contribution in [0.4, 0.5) is 22.7 Å². The molecule has 1 N–H and O–H groups in total. The molecule has 0 bridgehead atoms. The third kappa shape index (κ3) is 6.06. The van der Waals surface area contributed by atoms with Gasteiger partial charge in [0.2, 0.25) is 0 Å². The molecular weight excluding hydrogens is 880 g/mol. The maximum absolute atomic E-state index is 5.18. The first-order valence-electron chi connectivity index (χ1n) is 19.1. The minimum atomic E-state index is -0.806. The molecule has 1 aliphatic rings. The summed E-state index contributed by atoms with van der Waals surface area (Å²) in [6, 6.07) is 72.0. The van der Waals surface area contributed by atoms with E-state index >= 15 is 0 Å². The maximum atomic E-state index is 5.18. The molecule has 0 radical (unpaired) electrons. The Labute approximate surface area is 347 Å². The summed E-state index contributed by atoms with van der Waals surface area (Å²) in [4.78, 5) is 10.1. The van der Waals surface area contributed by atoms with Gasteiger partial charge in [0.15, 0.2) is 0 Å².